The van der Waals surface area contributed by atoms with Crippen LogP contribution in [0.1, 0.15) is 5.56 Å². The van der Waals surface area contributed by atoms with E-state index in [0.717, 1.165) is 12.1 Å². The molecule has 0 bridgehead atoms. The minimum Gasteiger partial charge on any atom is -0.479 e. The quantitative estimate of drug-likeness (QED) is 0.785. The van der Waals surface area contributed by atoms with Gasteiger partial charge in [-0.05, 0) is 13.0 Å². The third-order valence-electron chi connectivity index (χ3n) is 3.26. The Balaban J connectivity index is 2.62. The number of hydrogen-bond donors (Lipinski definition) is 0. The number of aryl methyl sites for hydroxylation is 1. The molecule has 1 aromatic heterocycles. The molecule has 0 fully saturated rings. The van der Waals surface area contributed by atoms with Crippen molar-refractivity contribution < 1.29 is 22.3 Å². The fourth-order valence-electron chi connectivity index (χ4n) is 2.22. The molecule has 24 heavy (non-hydrogen) atoms. The molecule has 1 aromatic carbocycles. The smallest absolute Gasteiger partial charge is 0.256 e. The van der Waals surface area contributed by atoms with Gasteiger partial charge in [-0.2, -0.15) is 5.26 Å². The van der Waals surface area contributed by atoms with E-state index in [4.69, 9.17) is 10.00 Å². The molecule has 0 atom stereocenters. The zero-order chi connectivity index (χ0) is 17.9. The Kier molecular flexibility index (Phi) is 5.24. The van der Waals surface area contributed by atoms with E-state index >= 15 is 0 Å². The van der Waals surface area contributed by atoms with Crippen molar-refractivity contribution in [1.82, 2.24) is 4.57 Å². The van der Waals surface area contributed by atoms with E-state index in [1.165, 1.54) is 19.1 Å². The van der Waals surface area contributed by atoms with Crippen molar-refractivity contribution in [3.05, 3.63) is 51.8 Å². The van der Waals surface area contributed by atoms with Crippen LogP contribution in [0.3, 0.4) is 0 Å². The normalized spacial score (nSPS) is 10.7. The maximum Gasteiger partial charge on any atom is 0.256 e. The van der Waals surface area contributed by atoms with Gasteiger partial charge in [0.1, 0.15) is 23.5 Å². The van der Waals surface area contributed by atoms with Crippen molar-refractivity contribution in [1.29, 1.82) is 5.26 Å². The first-order chi connectivity index (χ1) is 11.3. The highest BCUT2D eigenvalue weighted by Crippen LogP contribution is 2.29. The molecule has 0 radical (unpaired) electrons. The molecule has 1 heterocycles. The van der Waals surface area contributed by atoms with E-state index in [-0.39, 0.29) is 17.0 Å². The number of benzene rings is 1. The van der Waals surface area contributed by atoms with Crippen LogP contribution in [0.15, 0.2) is 29.1 Å². The third-order valence-corrected chi connectivity index (χ3v) is 3.26. The van der Waals surface area contributed by atoms with Crippen LogP contribution in [0, 0.1) is 29.9 Å². The maximum atomic E-state index is 14.3. The number of alkyl halides is 2. The van der Waals surface area contributed by atoms with Crippen LogP contribution < -0.4 is 10.3 Å². The minimum atomic E-state index is -2.87. The van der Waals surface area contributed by atoms with Gasteiger partial charge in [0, 0.05) is 17.7 Å². The average molecular weight is 340 g/mol. The Morgan fingerprint density at radius 3 is 2.42 bits per heavy atom. The molecule has 0 amide bonds. The van der Waals surface area contributed by atoms with Crippen molar-refractivity contribution >= 4 is 0 Å². The summed E-state index contributed by atoms with van der Waals surface area (Å²) in [6, 6.07) is 5.81. The molecule has 126 valence electrons. The van der Waals surface area contributed by atoms with Gasteiger partial charge in [-0.25, -0.2) is 17.6 Å². The second-order valence-electron chi connectivity index (χ2n) is 4.92. The Morgan fingerprint density at radius 1 is 1.25 bits per heavy atom. The largest absolute Gasteiger partial charge is 0.479 e. The summed E-state index contributed by atoms with van der Waals surface area (Å²) in [6.45, 7) is 0.0277. The number of rotatable bonds is 5. The molecule has 0 N–H and O–H groups in total. The zero-order valence-corrected chi connectivity index (χ0v) is 12.5. The monoisotopic (exact) mass is 340 g/mol. The number of nitrogens with zero attached hydrogens (tertiary/aromatic N) is 2. The molecular formula is C16H12F4N2O2. The first-order valence-electron chi connectivity index (χ1n) is 6.83. The number of ether oxygens (including phenoxy) is 1. The van der Waals surface area contributed by atoms with Gasteiger partial charge in [-0.1, -0.05) is 6.07 Å². The van der Waals surface area contributed by atoms with Crippen LogP contribution in [0.4, 0.5) is 17.6 Å². The molecule has 8 heteroatoms. The lowest BCUT2D eigenvalue weighted by atomic mass is 10.1. The van der Waals surface area contributed by atoms with Gasteiger partial charge < -0.3 is 9.30 Å². The summed E-state index contributed by atoms with van der Waals surface area (Å²) in [4.78, 5) is 12.1. The van der Waals surface area contributed by atoms with E-state index in [9.17, 15) is 22.4 Å². The molecule has 0 saturated carbocycles. The first-order valence-corrected chi connectivity index (χ1v) is 6.83. The number of pyridine rings is 1. The van der Waals surface area contributed by atoms with Crippen LogP contribution in [-0.2, 0) is 6.54 Å². The van der Waals surface area contributed by atoms with Crippen molar-refractivity contribution in [2.24, 2.45) is 0 Å². The molecule has 0 aliphatic carbocycles. The van der Waals surface area contributed by atoms with Crippen LogP contribution >= 0.6 is 0 Å². The maximum absolute atomic E-state index is 14.3. The number of halogens is 4. The van der Waals surface area contributed by atoms with E-state index in [1.807, 2.05) is 0 Å². The summed E-state index contributed by atoms with van der Waals surface area (Å²) < 4.78 is 59.5. The van der Waals surface area contributed by atoms with E-state index in [1.54, 1.807) is 6.07 Å². The van der Waals surface area contributed by atoms with Gasteiger partial charge in [-0.3, -0.25) is 4.79 Å². The van der Waals surface area contributed by atoms with Crippen LogP contribution in [0.25, 0.3) is 11.3 Å². The van der Waals surface area contributed by atoms with Gasteiger partial charge in [-0.15, -0.1) is 0 Å². The van der Waals surface area contributed by atoms with Crippen LogP contribution in [-0.4, -0.2) is 17.6 Å². The fraction of sp³-hybridized carbons (Fsp3) is 0.250. The molecule has 0 unspecified atom stereocenters. The summed E-state index contributed by atoms with van der Waals surface area (Å²) in [5.41, 5.74) is -1.49. The molecule has 4 nitrogen and oxygen atoms in total. The standard InChI is InChI=1S/C16H12F4N2O2/c1-9-2-3-13(22(16(9)23)8-14(19)20)15-11(17)6-10(7-12(15)18)24-5-4-21/h2-3,6-7,14H,5,8H2,1H3. The van der Waals surface area contributed by atoms with E-state index in [2.05, 4.69) is 0 Å². The van der Waals surface area contributed by atoms with Crippen molar-refractivity contribution in [3.8, 4) is 23.1 Å². The van der Waals surface area contributed by atoms with Crippen molar-refractivity contribution in [2.45, 2.75) is 19.9 Å². The Labute approximate surface area is 134 Å². The predicted octanol–water partition coefficient (Wildman–Crippen LogP) is 3.27. The first kappa shape index (κ1) is 17.5. The van der Waals surface area contributed by atoms with Crippen LogP contribution in [0.2, 0.25) is 0 Å². The lowest BCUT2D eigenvalue weighted by Crippen LogP contribution is -2.26. The van der Waals surface area contributed by atoms with Gasteiger partial charge in [0.25, 0.3) is 12.0 Å². The molecule has 0 aliphatic rings. The fourth-order valence-corrected chi connectivity index (χ4v) is 2.22. The average Bonchev–Trinajstić information content (AvgIpc) is 2.51. The molecule has 0 saturated heterocycles. The summed E-state index contributed by atoms with van der Waals surface area (Å²) in [6.07, 6.45) is -2.87. The van der Waals surface area contributed by atoms with E-state index in [0.29, 0.717) is 4.57 Å². The Morgan fingerprint density at radius 2 is 1.88 bits per heavy atom. The van der Waals surface area contributed by atoms with Crippen molar-refractivity contribution in [2.75, 3.05) is 6.61 Å². The molecule has 0 spiro atoms. The van der Waals surface area contributed by atoms with Gasteiger partial charge >= 0.3 is 0 Å². The SMILES string of the molecule is Cc1ccc(-c2c(F)cc(OCC#N)cc2F)n(CC(F)F)c1=O. The predicted molar refractivity (Wildman–Crippen MR) is 77.9 cm³/mol. The Bertz CT molecular complexity index is 833. The lowest BCUT2D eigenvalue weighted by Gasteiger charge is -2.15. The molecule has 0 aliphatic heterocycles. The summed E-state index contributed by atoms with van der Waals surface area (Å²) >= 11 is 0. The lowest BCUT2D eigenvalue weighted by molar-refractivity contribution is 0.125. The number of nitriles is 1. The third kappa shape index (κ3) is 3.56. The highest BCUT2D eigenvalue weighted by atomic mass is 19.3. The number of hydrogen-bond acceptors (Lipinski definition) is 3. The van der Waals surface area contributed by atoms with Gasteiger partial charge in [0.15, 0.2) is 6.61 Å². The van der Waals surface area contributed by atoms with E-state index < -0.39 is 42.3 Å². The second-order valence-corrected chi connectivity index (χ2v) is 4.92. The second kappa shape index (κ2) is 7.17. The molecular weight excluding hydrogens is 328 g/mol. The Hall–Kier alpha value is -2.82. The van der Waals surface area contributed by atoms with Crippen LogP contribution in [0.5, 0.6) is 5.75 Å². The summed E-state index contributed by atoms with van der Waals surface area (Å²) in [5, 5.41) is 8.40. The van der Waals surface area contributed by atoms with Gasteiger partial charge in [0.05, 0.1) is 17.8 Å². The topological polar surface area (TPSA) is 55.0 Å². The van der Waals surface area contributed by atoms with Gasteiger partial charge in [0.2, 0.25) is 0 Å². The highest BCUT2D eigenvalue weighted by molar-refractivity contribution is 5.63. The summed E-state index contributed by atoms with van der Waals surface area (Å²) in [5.74, 6) is -2.39. The molecule has 2 aromatic rings. The van der Waals surface area contributed by atoms with Crippen molar-refractivity contribution in [3.63, 3.8) is 0 Å². The highest BCUT2D eigenvalue weighted by Gasteiger charge is 2.20. The number of aromatic nitrogens is 1. The zero-order valence-electron chi connectivity index (χ0n) is 12.5. The summed E-state index contributed by atoms with van der Waals surface area (Å²) in [7, 11) is 0. The molecule has 2 rings (SSSR count). The minimum absolute atomic E-state index is 0.175.